The van der Waals surface area contributed by atoms with Gasteiger partial charge < -0.3 is 9.80 Å². The molecule has 0 atom stereocenters. The van der Waals surface area contributed by atoms with Gasteiger partial charge in [0.05, 0.1) is 27.2 Å². The summed E-state index contributed by atoms with van der Waals surface area (Å²) in [6, 6.07) is 97.8. The number of hydrogen-bond acceptors (Lipinski definition) is 2. The first kappa shape index (κ1) is 70.8. The molecule has 0 aliphatic carbocycles. The van der Waals surface area contributed by atoms with Crippen LogP contribution in [0.1, 0.15) is 128 Å². The Morgan fingerprint density at radius 1 is 0.293 bits per heavy atom. The Bertz CT molecular complexity index is 4590. The minimum Gasteiger partial charge on any atom is -0.309 e. The lowest BCUT2D eigenvalue weighted by atomic mass is 9.85. The van der Waals surface area contributed by atoms with Gasteiger partial charge in [0.1, 0.15) is 8.07 Å². The lowest BCUT2D eigenvalue weighted by Gasteiger charge is -2.35. The van der Waals surface area contributed by atoms with Crippen LogP contribution >= 0.6 is 55.1 Å². The first-order valence-corrected chi connectivity index (χ1v) is 39.9. The molecule has 7 heteroatoms. The molecule has 0 amide bonds. The molecular weight excluding hydrogens is 1390 g/mol. The lowest BCUT2D eigenvalue weighted by Crippen LogP contribution is -2.53. The maximum absolute atomic E-state index is 7.31. The molecule has 1 aliphatic heterocycles. The van der Waals surface area contributed by atoms with E-state index in [0.29, 0.717) is 5.02 Å². The lowest BCUT2D eigenvalue weighted by molar-refractivity contribution is 0.590. The molecule has 0 spiro atoms. The first-order valence-electron chi connectivity index (χ1n) is 34.6. The summed E-state index contributed by atoms with van der Waals surface area (Å²) in [5.41, 5.74) is 26.5. The van der Waals surface area contributed by atoms with Crippen molar-refractivity contribution in [1.82, 2.24) is 0 Å². The van der Waals surface area contributed by atoms with Crippen molar-refractivity contribution >= 4 is 108 Å². The average Bonchev–Trinajstić information content (AvgIpc) is 0.748. The normalized spacial score (nSPS) is 13.1. The molecule has 12 aromatic carbocycles. The third-order valence-electron chi connectivity index (χ3n) is 19.7. The van der Waals surface area contributed by atoms with Gasteiger partial charge in [0.2, 0.25) is 0 Å². The second-order valence-corrected chi connectivity index (χ2v) is 38.1. The molecule has 500 valence electrons. The van der Waals surface area contributed by atoms with E-state index in [1.54, 1.807) is 0 Å². The highest BCUT2D eigenvalue weighted by molar-refractivity contribution is 9.11. The number of anilines is 6. The summed E-state index contributed by atoms with van der Waals surface area (Å²) in [6.07, 6.45) is 1.59. The Morgan fingerprint density at radius 3 is 0.919 bits per heavy atom. The van der Waals surface area contributed by atoms with Crippen molar-refractivity contribution in [2.45, 2.75) is 131 Å². The maximum atomic E-state index is 7.31. The number of benzene rings is 12. The molecule has 0 radical (unpaired) electrons. The number of fused-ring (bicyclic) bond motifs is 6. The van der Waals surface area contributed by atoms with Crippen LogP contribution in [0.4, 0.5) is 34.1 Å². The molecular formula is C92H90Br2Cl2N2Si. The third kappa shape index (κ3) is 15.5. The van der Waals surface area contributed by atoms with Gasteiger partial charge in [-0.2, -0.15) is 0 Å². The van der Waals surface area contributed by atoms with Gasteiger partial charge in [-0.25, -0.2) is 0 Å². The minimum absolute atomic E-state index is 0.0625. The number of hydrogen-bond donors (Lipinski definition) is 0. The third-order valence-corrected chi connectivity index (χ3v) is 25.4. The SMILES string of the molecule is CC(C)(C)c1ccc(-c2ccccc2Cc2cc(Cl)cc(Cc3ccccc3-c3ccc(C(C)(C)C)cc3)c2Br)cc1.CC(C)(C)c1ccc(-c2ccccc2N2c3cccc(c3)[Si](C)(C)c3cccc(c3)N(c3ccccc3-c3ccc(C(C)(C)C)cc3)c3cc(Cl)cc2c3Br)cc1. The Morgan fingerprint density at radius 2 is 0.586 bits per heavy atom. The monoisotopic (exact) mass is 1480 g/mol. The summed E-state index contributed by atoms with van der Waals surface area (Å²) in [5.74, 6) is 0. The van der Waals surface area contributed by atoms with E-state index in [1.807, 2.05) is 0 Å². The number of halogens is 4. The predicted molar refractivity (Wildman–Crippen MR) is 439 cm³/mol. The van der Waals surface area contributed by atoms with Crippen LogP contribution in [-0.4, -0.2) is 8.07 Å². The molecule has 6 bridgehead atoms. The molecule has 0 saturated carbocycles. The molecule has 13 rings (SSSR count). The van der Waals surface area contributed by atoms with Crippen LogP contribution in [0.5, 0.6) is 0 Å². The van der Waals surface area contributed by atoms with E-state index in [-0.39, 0.29) is 21.7 Å². The molecule has 1 aliphatic rings. The molecule has 99 heavy (non-hydrogen) atoms. The highest BCUT2D eigenvalue weighted by Crippen LogP contribution is 2.52. The van der Waals surface area contributed by atoms with E-state index in [1.165, 1.54) is 77.1 Å². The Hall–Kier alpha value is -8.00. The fraction of sp³-hybridized carbons (Fsp3) is 0.217. The van der Waals surface area contributed by atoms with Gasteiger partial charge in [0, 0.05) is 37.0 Å². The van der Waals surface area contributed by atoms with E-state index in [0.717, 1.165) is 83.2 Å². The van der Waals surface area contributed by atoms with Crippen LogP contribution in [0.3, 0.4) is 0 Å². The minimum atomic E-state index is -2.21. The van der Waals surface area contributed by atoms with Gasteiger partial charge in [-0.1, -0.05) is 352 Å². The van der Waals surface area contributed by atoms with E-state index >= 15 is 0 Å². The van der Waals surface area contributed by atoms with Gasteiger partial charge in [-0.05, 0) is 189 Å². The van der Waals surface area contributed by atoms with Crippen molar-refractivity contribution in [3.63, 3.8) is 0 Å². The zero-order chi connectivity index (χ0) is 70.3. The molecule has 0 aromatic heterocycles. The summed E-state index contributed by atoms with van der Waals surface area (Å²) < 4.78 is 2.07. The molecule has 0 saturated heterocycles. The van der Waals surface area contributed by atoms with Gasteiger partial charge in [0.25, 0.3) is 0 Å². The first-order chi connectivity index (χ1) is 47.0. The Kier molecular flexibility index (Phi) is 20.4. The molecule has 0 fully saturated rings. The molecule has 12 aromatic rings. The van der Waals surface area contributed by atoms with Crippen molar-refractivity contribution in [3.8, 4) is 44.5 Å². The van der Waals surface area contributed by atoms with Gasteiger partial charge in [-0.3, -0.25) is 0 Å². The van der Waals surface area contributed by atoms with Crippen LogP contribution in [0.15, 0.2) is 276 Å². The van der Waals surface area contributed by atoms with Gasteiger partial charge in [0.15, 0.2) is 0 Å². The highest BCUT2D eigenvalue weighted by Gasteiger charge is 2.33. The van der Waals surface area contributed by atoms with Crippen LogP contribution in [0.2, 0.25) is 23.1 Å². The van der Waals surface area contributed by atoms with Crippen molar-refractivity contribution in [1.29, 1.82) is 0 Å². The fourth-order valence-electron chi connectivity index (χ4n) is 13.6. The Labute approximate surface area is 618 Å². The second-order valence-electron chi connectivity index (χ2n) is 31.2. The van der Waals surface area contributed by atoms with Crippen LogP contribution < -0.4 is 20.2 Å². The number of nitrogens with zero attached hydrogens (tertiary/aromatic N) is 2. The van der Waals surface area contributed by atoms with Crippen molar-refractivity contribution in [3.05, 3.63) is 330 Å². The van der Waals surface area contributed by atoms with Crippen LogP contribution in [0.25, 0.3) is 44.5 Å². The zero-order valence-electron chi connectivity index (χ0n) is 59.7. The van der Waals surface area contributed by atoms with Gasteiger partial charge >= 0.3 is 0 Å². The second kappa shape index (κ2) is 28.6. The standard InChI is InChI=1S/C52H50BrClN2Si.C40H40BrCl/c1-51(2,3)37-27-23-35(24-28-37)44-19-9-11-21-46(44)55-40-15-13-17-42(33-40)57(7,8)43-18-14-16-41(34-43)56(49-32-39(54)31-48(55)50(49)53)47-22-12-10-20-45(47)36-25-29-38(30-26-36)52(4,5)6;1-39(2,3)33-19-15-27(16-20-33)36-13-9-7-11-29(36)23-31-25-35(42)26-32(38(31)41)24-30-12-8-10-14-37(30)28-17-21-34(22-18-28)40(4,5)6/h9-34H,1-8H3;7-22,25-26H,23-24H2,1-6H3. The summed E-state index contributed by atoms with van der Waals surface area (Å²) in [7, 11) is -2.21. The summed E-state index contributed by atoms with van der Waals surface area (Å²) in [5, 5.41) is 4.14. The van der Waals surface area contributed by atoms with E-state index in [9.17, 15) is 0 Å². The Balaban J connectivity index is 0.000000197. The van der Waals surface area contributed by atoms with Gasteiger partial charge in [-0.15, -0.1) is 0 Å². The van der Waals surface area contributed by atoms with Crippen molar-refractivity contribution < 1.29 is 0 Å². The zero-order valence-corrected chi connectivity index (χ0v) is 65.4. The van der Waals surface area contributed by atoms with Crippen LogP contribution in [-0.2, 0) is 34.5 Å². The molecule has 0 unspecified atom stereocenters. The maximum Gasteiger partial charge on any atom is 0.112 e. The number of rotatable bonds is 10. The van der Waals surface area contributed by atoms with Crippen molar-refractivity contribution in [2.24, 2.45) is 0 Å². The molecule has 0 N–H and O–H groups in total. The number of para-hydroxylation sites is 2. The van der Waals surface area contributed by atoms with Crippen LogP contribution in [0, 0.1) is 0 Å². The summed E-state index contributed by atoms with van der Waals surface area (Å²) >= 11 is 22.3. The molecule has 2 nitrogen and oxygen atoms in total. The van der Waals surface area contributed by atoms with E-state index < -0.39 is 8.07 Å². The quantitative estimate of drug-likeness (QED) is 0.126. The summed E-state index contributed by atoms with van der Waals surface area (Å²) in [4.78, 5) is 4.79. The predicted octanol–water partition coefficient (Wildman–Crippen LogP) is 27.3. The smallest absolute Gasteiger partial charge is 0.112 e. The van der Waals surface area contributed by atoms with Crippen molar-refractivity contribution in [2.75, 3.05) is 9.80 Å². The van der Waals surface area contributed by atoms with E-state index in [4.69, 9.17) is 23.2 Å². The molecule has 1 heterocycles. The summed E-state index contributed by atoms with van der Waals surface area (Å²) in [6.45, 7) is 32.0. The topological polar surface area (TPSA) is 6.48 Å². The average molecular weight is 1480 g/mol. The largest absolute Gasteiger partial charge is 0.309 e. The van der Waals surface area contributed by atoms with E-state index in [2.05, 4.69) is 405 Å². The fourth-order valence-corrected chi connectivity index (χ4v) is 17.6. The highest BCUT2D eigenvalue weighted by atomic mass is 79.9.